The van der Waals surface area contributed by atoms with Gasteiger partial charge in [-0.1, -0.05) is 30.1 Å². The summed E-state index contributed by atoms with van der Waals surface area (Å²) in [5, 5.41) is 12.8. The molecule has 2 aromatic heterocycles. The highest BCUT2D eigenvalue weighted by Crippen LogP contribution is 2.39. The zero-order chi connectivity index (χ0) is 19.6. The Morgan fingerprint density at radius 2 is 2.22 bits per heavy atom. The van der Waals surface area contributed by atoms with E-state index >= 15 is 0 Å². The van der Waals surface area contributed by atoms with Gasteiger partial charge in [0.05, 0.1) is 10.6 Å². The van der Waals surface area contributed by atoms with Crippen molar-refractivity contribution in [3.05, 3.63) is 44.0 Å². The Labute approximate surface area is 170 Å². The largest absolute Gasteiger partial charge is 0.451 e. The van der Waals surface area contributed by atoms with E-state index in [9.17, 15) is 14.9 Å². The van der Waals surface area contributed by atoms with E-state index in [0.29, 0.717) is 16.5 Å². The summed E-state index contributed by atoms with van der Waals surface area (Å²) in [4.78, 5) is 29.1. The van der Waals surface area contributed by atoms with E-state index < -0.39 is 18.5 Å². The van der Waals surface area contributed by atoms with Crippen LogP contribution in [-0.4, -0.2) is 23.5 Å². The molecule has 0 unspecified atom stereocenters. The van der Waals surface area contributed by atoms with Gasteiger partial charge in [-0.15, -0.1) is 11.3 Å². The number of esters is 1. The number of thiophene rings is 1. The molecule has 9 heteroatoms. The van der Waals surface area contributed by atoms with Gasteiger partial charge in [0, 0.05) is 4.88 Å². The van der Waals surface area contributed by atoms with Gasteiger partial charge in [-0.25, -0.2) is 9.78 Å². The molecule has 140 valence electrons. The molecule has 0 radical (unpaired) electrons. The van der Waals surface area contributed by atoms with Gasteiger partial charge < -0.3 is 10.1 Å². The topological polar surface area (TPSA) is 92.1 Å². The maximum Gasteiger partial charge on any atom is 0.359 e. The van der Waals surface area contributed by atoms with Crippen LogP contribution < -0.4 is 5.32 Å². The maximum absolute atomic E-state index is 12.2. The average Bonchev–Trinajstić information content (AvgIpc) is 2.97. The van der Waals surface area contributed by atoms with E-state index in [1.54, 1.807) is 0 Å². The zero-order valence-electron chi connectivity index (χ0n) is 14.3. The van der Waals surface area contributed by atoms with Gasteiger partial charge in [0.1, 0.15) is 16.2 Å². The number of ether oxygens (including phenoxy) is 1. The lowest BCUT2D eigenvalue weighted by Gasteiger charge is -2.17. The molecule has 1 N–H and O–H groups in total. The second-order valence-corrected chi connectivity index (χ2v) is 8.16. The highest BCUT2D eigenvalue weighted by atomic mass is 35.5. The molecule has 2 heterocycles. The summed E-state index contributed by atoms with van der Waals surface area (Å²) in [6.07, 6.45) is 2.76. The number of hydrogen-bond acceptors (Lipinski definition) is 6. The fourth-order valence-corrected chi connectivity index (χ4v) is 4.59. The van der Waals surface area contributed by atoms with Crippen molar-refractivity contribution in [2.24, 2.45) is 5.92 Å². The predicted molar refractivity (Wildman–Crippen MR) is 103 cm³/mol. The summed E-state index contributed by atoms with van der Waals surface area (Å²) < 4.78 is 4.96. The number of amides is 1. The molecule has 27 heavy (non-hydrogen) atoms. The molecule has 3 rings (SSSR count). The highest BCUT2D eigenvalue weighted by molar-refractivity contribution is 7.16. The average molecular weight is 424 g/mol. The van der Waals surface area contributed by atoms with Gasteiger partial charge in [-0.3, -0.25) is 4.79 Å². The smallest absolute Gasteiger partial charge is 0.359 e. The van der Waals surface area contributed by atoms with Crippen molar-refractivity contribution in [1.82, 2.24) is 4.98 Å². The van der Waals surface area contributed by atoms with E-state index in [1.165, 1.54) is 23.5 Å². The molecular weight excluding hydrogens is 409 g/mol. The standard InChI is InChI=1S/C18H15Cl2N3O3S/c1-9-2-3-10-11(7-21)17(27-13(10)6-9)23-15(24)8-26-18(25)16-12(19)4-5-14(20)22-16/h4-5,9H,2-3,6,8H2,1H3,(H,23,24)/t9-/m0/s1. The van der Waals surface area contributed by atoms with Gasteiger partial charge >= 0.3 is 5.97 Å². The molecule has 0 bridgehead atoms. The molecular formula is C18H15Cl2N3O3S. The number of aromatic nitrogens is 1. The van der Waals surface area contributed by atoms with E-state index in [2.05, 4.69) is 23.3 Å². The summed E-state index contributed by atoms with van der Waals surface area (Å²) in [6, 6.07) is 5.04. The third-order valence-corrected chi connectivity index (χ3v) is 5.90. The molecule has 1 aliphatic carbocycles. The van der Waals surface area contributed by atoms with Gasteiger partial charge in [-0.2, -0.15) is 5.26 Å². The number of nitrogens with one attached hydrogen (secondary N) is 1. The first-order valence-electron chi connectivity index (χ1n) is 8.22. The molecule has 2 aromatic rings. The Morgan fingerprint density at radius 3 is 2.96 bits per heavy atom. The summed E-state index contributed by atoms with van der Waals surface area (Å²) in [5.74, 6) is -0.829. The van der Waals surface area contributed by atoms with Crippen LogP contribution in [0.5, 0.6) is 0 Å². The minimum absolute atomic E-state index is 0.0802. The van der Waals surface area contributed by atoms with Crippen molar-refractivity contribution >= 4 is 51.4 Å². The second kappa shape index (κ2) is 8.26. The van der Waals surface area contributed by atoms with Gasteiger partial charge in [-0.05, 0) is 42.9 Å². The number of hydrogen-bond donors (Lipinski definition) is 1. The highest BCUT2D eigenvalue weighted by Gasteiger charge is 2.25. The number of fused-ring (bicyclic) bond motifs is 1. The van der Waals surface area contributed by atoms with Crippen LogP contribution in [0, 0.1) is 17.2 Å². The Bertz CT molecular complexity index is 952. The number of halogens is 2. The lowest BCUT2D eigenvalue weighted by atomic mass is 9.89. The van der Waals surface area contributed by atoms with Crippen LogP contribution in [0.4, 0.5) is 5.00 Å². The van der Waals surface area contributed by atoms with Crippen LogP contribution in [0.25, 0.3) is 0 Å². The van der Waals surface area contributed by atoms with Gasteiger partial charge in [0.2, 0.25) is 0 Å². The van der Waals surface area contributed by atoms with E-state index in [0.717, 1.165) is 29.7 Å². The Balaban J connectivity index is 1.66. The molecule has 0 fully saturated rings. The zero-order valence-corrected chi connectivity index (χ0v) is 16.7. The Hall–Kier alpha value is -2.14. The number of pyridine rings is 1. The Morgan fingerprint density at radius 1 is 1.44 bits per heavy atom. The number of rotatable bonds is 4. The van der Waals surface area contributed by atoms with Crippen LogP contribution in [0.2, 0.25) is 10.2 Å². The number of nitriles is 1. The molecule has 0 aliphatic heterocycles. The van der Waals surface area contributed by atoms with Crippen molar-refractivity contribution in [2.45, 2.75) is 26.2 Å². The summed E-state index contributed by atoms with van der Waals surface area (Å²) in [7, 11) is 0. The van der Waals surface area contributed by atoms with Crippen molar-refractivity contribution in [1.29, 1.82) is 5.26 Å². The van der Waals surface area contributed by atoms with Crippen LogP contribution >= 0.6 is 34.5 Å². The molecule has 6 nitrogen and oxygen atoms in total. The van der Waals surface area contributed by atoms with Crippen molar-refractivity contribution in [3.63, 3.8) is 0 Å². The molecule has 0 spiro atoms. The minimum Gasteiger partial charge on any atom is -0.451 e. The molecule has 1 atom stereocenters. The summed E-state index contributed by atoms with van der Waals surface area (Å²) in [5.41, 5.74) is 1.36. The molecule has 0 saturated carbocycles. The van der Waals surface area contributed by atoms with Gasteiger partial charge in [0.15, 0.2) is 12.3 Å². The number of anilines is 1. The maximum atomic E-state index is 12.2. The quantitative estimate of drug-likeness (QED) is 0.586. The molecule has 0 saturated heterocycles. The monoisotopic (exact) mass is 423 g/mol. The first-order chi connectivity index (χ1) is 12.9. The summed E-state index contributed by atoms with van der Waals surface area (Å²) >= 11 is 13.0. The number of nitrogens with zero attached hydrogens (tertiary/aromatic N) is 2. The second-order valence-electron chi connectivity index (χ2n) is 6.26. The lowest BCUT2D eigenvalue weighted by molar-refractivity contribution is -0.119. The van der Waals surface area contributed by atoms with Crippen molar-refractivity contribution in [2.75, 3.05) is 11.9 Å². The fourth-order valence-electron chi connectivity index (χ4n) is 2.88. The minimum atomic E-state index is -0.850. The normalized spacial score (nSPS) is 15.6. The fraction of sp³-hybridized carbons (Fsp3) is 0.333. The van der Waals surface area contributed by atoms with E-state index in [1.807, 2.05) is 0 Å². The summed E-state index contributed by atoms with van der Waals surface area (Å²) in [6.45, 7) is 1.65. The third kappa shape index (κ3) is 4.41. The van der Waals surface area contributed by atoms with Crippen LogP contribution in [-0.2, 0) is 22.4 Å². The third-order valence-electron chi connectivity index (χ3n) is 4.22. The first-order valence-corrected chi connectivity index (χ1v) is 9.80. The molecule has 0 aromatic carbocycles. The molecule has 1 aliphatic rings. The first kappa shape index (κ1) is 19.6. The number of carbonyl (C=O) groups excluding carboxylic acids is 2. The Kier molecular flexibility index (Phi) is 6.00. The van der Waals surface area contributed by atoms with Crippen LogP contribution in [0.15, 0.2) is 12.1 Å². The van der Waals surface area contributed by atoms with Gasteiger partial charge in [0.25, 0.3) is 5.91 Å². The van der Waals surface area contributed by atoms with Crippen LogP contribution in [0.3, 0.4) is 0 Å². The van der Waals surface area contributed by atoms with E-state index in [4.69, 9.17) is 27.9 Å². The SMILES string of the molecule is C[C@H]1CCc2c(sc(NC(=O)COC(=O)c3nc(Cl)ccc3Cl)c2C#N)C1. The van der Waals surface area contributed by atoms with E-state index in [-0.39, 0.29) is 15.9 Å². The van der Waals surface area contributed by atoms with Crippen molar-refractivity contribution < 1.29 is 14.3 Å². The molecule has 1 amide bonds. The lowest BCUT2D eigenvalue weighted by Crippen LogP contribution is -2.21. The van der Waals surface area contributed by atoms with Crippen molar-refractivity contribution in [3.8, 4) is 6.07 Å². The number of carbonyl (C=O) groups is 2. The predicted octanol–water partition coefficient (Wildman–Crippen LogP) is 4.24. The van der Waals surface area contributed by atoms with Crippen LogP contribution in [0.1, 0.15) is 39.8 Å².